The number of hydrogen-bond acceptors (Lipinski definition) is 5. The maximum Gasteiger partial charge on any atom is 0.268 e. The summed E-state index contributed by atoms with van der Waals surface area (Å²) >= 11 is 0. The van der Waals surface area contributed by atoms with Crippen molar-refractivity contribution in [2.45, 2.75) is 31.8 Å². The maximum atomic E-state index is 12.5. The van der Waals surface area contributed by atoms with E-state index in [0.29, 0.717) is 6.42 Å². The first-order chi connectivity index (χ1) is 16.8. The minimum atomic E-state index is -3.74. The summed E-state index contributed by atoms with van der Waals surface area (Å²) in [5.74, 6) is -0.613. The lowest BCUT2D eigenvalue weighted by atomic mass is 9.98. The minimum Gasteiger partial charge on any atom is -0.493 e. The predicted octanol–water partition coefficient (Wildman–Crippen LogP) is 4.84. The summed E-state index contributed by atoms with van der Waals surface area (Å²) in [7, 11) is -3.74. The molecule has 0 heterocycles. The number of sulfonamides is 1. The normalized spacial score (nSPS) is 12.2. The fraction of sp³-hybridized carbons (Fsp3) is 0.296. The van der Waals surface area contributed by atoms with Crippen LogP contribution >= 0.6 is 0 Å². The molecule has 2 N–H and O–H groups in total. The van der Waals surface area contributed by atoms with E-state index in [-0.39, 0.29) is 24.3 Å². The van der Waals surface area contributed by atoms with Gasteiger partial charge in [0.1, 0.15) is 5.75 Å². The highest BCUT2D eigenvalue weighted by molar-refractivity contribution is 7.89. The maximum absolute atomic E-state index is 12.5. The number of nitrogens with one attached hydrogen (secondary N) is 1. The summed E-state index contributed by atoms with van der Waals surface area (Å²) in [4.78, 5) is 12.4. The van der Waals surface area contributed by atoms with Gasteiger partial charge < -0.3 is 9.84 Å². The van der Waals surface area contributed by atoms with Crippen molar-refractivity contribution in [2.75, 3.05) is 19.5 Å². The van der Waals surface area contributed by atoms with Crippen LogP contribution in [0.5, 0.6) is 5.75 Å². The van der Waals surface area contributed by atoms with E-state index in [1.807, 2.05) is 59.3 Å². The van der Waals surface area contributed by atoms with Gasteiger partial charge in [0.25, 0.3) is 5.91 Å². The monoisotopic (exact) mass is 499 g/mol. The van der Waals surface area contributed by atoms with Crippen LogP contribution in [0.2, 0.25) is 0 Å². The number of rotatable bonds is 12. The zero-order valence-electron chi connectivity index (χ0n) is 19.6. The highest BCUT2D eigenvalue weighted by Crippen LogP contribution is 2.29. The second kappa shape index (κ2) is 12.5. The molecule has 3 rings (SSSR count). The molecule has 0 bridgehead atoms. The summed E-state index contributed by atoms with van der Waals surface area (Å²) in [6.07, 6.45) is 2.91. The Morgan fingerprint density at radius 1 is 1.00 bits per heavy atom. The molecular formula is C27H30FNO5S. The number of carbonyl (C=O) groups excluding carboxylic acids is 1. The van der Waals surface area contributed by atoms with Crippen LogP contribution in [0.1, 0.15) is 46.9 Å². The Morgan fingerprint density at radius 2 is 1.69 bits per heavy atom. The topological polar surface area (TPSA) is 92.7 Å². The van der Waals surface area contributed by atoms with E-state index in [9.17, 15) is 22.7 Å². The van der Waals surface area contributed by atoms with Gasteiger partial charge in [-0.15, -0.1) is 0 Å². The molecule has 0 aliphatic rings. The van der Waals surface area contributed by atoms with E-state index in [0.717, 1.165) is 41.4 Å². The number of hydrogen-bond donors (Lipinski definition) is 2. The SMILES string of the molecule is CS(=O)(=O)NC(=O)c1ccc(-c2ccc(CCC[C@@H](O)c3ccccc3)cc2)cc1OCCCF. The van der Waals surface area contributed by atoms with Crippen molar-refractivity contribution < 1.29 is 27.4 Å². The summed E-state index contributed by atoms with van der Waals surface area (Å²) in [5.41, 5.74) is 3.79. The first-order valence-corrected chi connectivity index (χ1v) is 13.3. The van der Waals surface area contributed by atoms with Gasteiger partial charge in [-0.3, -0.25) is 9.18 Å². The molecule has 6 nitrogen and oxygen atoms in total. The number of amides is 1. The van der Waals surface area contributed by atoms with Gasteiger partial charge in [-0.1, -0.05) is 60.7 Å². The van der Waals surface area contributed by atoms with Gasteiger partial charge in [-0.05, 0) is 53.6 Å². The molecule has 1 atom stereocenters. The lowest BCUT2D eigenvalue weighted by Crippen LogP contribution is -2.29. The van der Waals surface area contributed by atoms with Crippen molar-refractivity contribution in [2.24, 2.45) is 0 Å². The number of benzene rings is 3. The Bertz CT molecular complexity index is 1210. The summed E-state index contributed by atoms with van der Waals surface area (Å²) in [6.45, 7) is -0.499. The average molecular weight is 500 g/mol. The smallest absolute Gasteiger partial charge is 0.268 e. The van der Waals surface area contributed by atoms with Gasteiger partial charge >= 0.3 is 0 Å². The lowest BCUT2D eigenvalue weighted by Gasteiger charge is -2.13. The first kappa shape index (κ1) is 26.4. The van der Waals surface area contributed by atoms with Gasteiger partial charge in [-0.2, -0.15) is 0 Å². The number of aryl methyl sites for hydroxylation is 1. The number of halogens is 1. The van der Waals surface area contributed by atoms with Gasteiger partial charge in [0.2, 0.25) is 10.0 Å². The molecule has 186 valence electrons. The molecule has 3 aromatic rings. The lowest BCUT2D eigenvalue weighted by molar-refractivity contribution is 0.0977. The van der Waals surface area contributed by atoms with Crippen LogP contribution in [0.4, 0.5) is 4.39 Å². The largest absolute Gasteiger partial charge is 0.493 e. The number of alkyl halides is 1. The molecule has 35 heavy (non-hydrogen) atoms. The highest BCUT2D eigenvalue weighted by atomic mass is 32.2. The summed E-state index contributed by atoms with van der Waals surface area (Å²) in [5, 5.41) is 10.3. The van der Waals surface area contributed by atoms with E-state index in [1.165, 1.54) is 6.07 Å². The van der Waals surface area contributed by atoms with Gasteiger partial charge in [0.05, 0.1) is 31.2 Å². The van der Waals surface area contributed by atoms with Crippen LogP contribution in [-0.2, 0) is 16.4 Å². The molecule has 0 fully saturated rings. The van der Waals surface area contributed by atoms with Crippen molar-refractivity contribution in [1.82, 2.24) is 4.72 Å². The van der Waals surface area contributed by atoms with Crippen molar-refractivity contribution >= 4 is 15.9 Å². The Labute approximate surface area is 205 Å². The first-order valence-electron chi connectivity index (χ1n) is 11.4. The molecule has 0 spiro atoms. The zero-order valence-corrected chi connectivity index (χ0v) is 20.4. The average Bonchev–Trinajstić information content (AvgIpc) is 2.84. The van der Waals surface area contributed by atoms with Crippen LogP contribution in [0.3, 0.4) is 0 Å². The quantitative estimate of drug-likeness (QED) is 0.348. The standard InChI is InChI=1S/C27H30FNO5S/c1-35(32,33)29-27(31)24-16-15-23(19-26(24)34-18-6-17-28)21-13-11-20(12-14-21)7-5-10-25(30)22-8-3-2-4-9-22/h2-4,8-9,11-16,19,25,30H,5-7,10,17-18H2,1H3,(H,29,31)/t25-/m1/s1. The summed E-state index contributed by atoms with van der Waals surface area (Å²) in [6, 6.07) is 22.4. The van der Waals surface area contributed by atoms with Crippen molar-refractivity contribution in [3.05, 3.63) is 89.5 Å². The number of carbonyl (C=O) groups is 1. The van der Waals surface area contributed by atoms with Crippen LogP contribution < -0.4 is 9.46 Å². The third kappa shape index (κ3) is 8.19. The van der Waals surface area contributed by atoms with E-state index < -0.39 is 28.7 Å². The van der Waals surface area contributed by atoms with E-state index in [2.05, 4.69) is 0 Å². The van der Waals surface area contributed by atoms with Crippen molar-refractivity contribution in [1.29, 1.82) is 0 Å². The Hall–Kier alpha value is -3.23. The molecule has 1 amide bonds. The van der Waals surface area contributed by atoms with Gasteiger partial charge in [0, 0.05) is 6.42 Å². The molecular weight excluding hydrogens is 469 g/mol. The van der Waals surface area contributed by atoms with E-state index in [1.54, 1.807) is 12.1 Å². The zero-order chi connectivity index (χ0) is 25.3. The molecule has 0 aromatic heterocycles. The molecule has 0 aliphatic carbocycles. The van der Waals surface area contributed by atoms with Crippen LogP contribution in [0.15, 0.2) is 72.8 Å². The highest BCUT2D eigenvalue weighted by Gasteiger charge is 2.17. The number of aliphatic hydroxyl groups excluding tert-OH is 1. The fourth-order valence-corrected chi connectivity index (χ4v) is 4.12. The van der Waals surface area contributed by atoms with Gasteiger partial charge in [-0.25, -0.2) is 13.1 Å². The second-order valence-electron chi connectivity index (χ2n) is 8.32. The third-order valence-electron chi connectivity index (χ3n) is 5.45. The molecule has 0 unspecified atom stereocenters. The molecule has 3 aromatic carbocycles. The number of aliphatic hydroxyl groups is 1. The van der Waals surface area contributed by atoms with Crippen LogP contribution in [0, 0.1) is 0 Å². The van der Waals surface area contributed by atoms with E-state index >= 15 is 0 Å². The minimum absolute atomic E-state index is 0.0617. The van der Waals surface area contributed by atoms with Crippen LogP contribution in [0.25, 0.3) is 11.1 Å². The third-order valence-corrected chi connectivity index (χ3v) is 6.01. The number of ether oxygens (including phenoxy) is 1. The van der Waals surface area contributed by atoms with Crippen molar-refractivity contribution in [3.8, 4) is 16.9 Å². The van der Waals surface area contributed by atoms with Gasteiger partial charge in [0.15, 0.2) is 0 Å². The summed E-state index contributed by atoms with van der Waals surface area (Å²) < 4.78 is 43.0. The van der Waals surface area contributed by atoms with Crippen LogP contribution in [-0.4, -0.2) is 39.0 Å². The molecule has 0 radical (unpaired) electrons. The molecule has 0 aliphatic heterocycles. The Kier molecular flexibility index (Phi) is 9.39. The van der Waals surface area contributed by atoms with Crippen molar-refractivity contribution in [3.63, 3.8) is 0 Å². The Morgan fingerprint density at radius 3 is 2.34 bits per heavy atom. The second-order valence-corrected chi connectivity index (χ2v) is 10.1. The van der Waals surface area contributed by atoms with E-state index in [4.69, 9.17) is 4.74 Å². The Balaban J connectivity index is 1.69. The molecule has 0 saturated carbocycles. The molecule has 8 heteroatoms. The fourth-order valence-electron chi connectivity index (χ4n) is 3.67. The molecule has 0 saturated heterocycles. The predicted molar refractivity (Wildman–Crippen MR) is 135 cm³/mol.